The third-order valence-corrected chi connectivity index (χ3v) is 15.9. The van der Waals surface area contributed by atoms with Gasteiger partial charge in [0.1, 0.15) is 0 Å². The molecule has 0 spiro atoms. The van der Waals surface area contributed by atoms with Crippen molar-refractivity contribution < 1.29 is 0 Å². The van der Waals surface area contributed by atoms with Crippen LogP contribution in [-0.4, -0.2) is 53.9 Å². The van der Waals surface area contributed by atoms with Crippen LogP contribution in [0.2, 0.25) is 0 Å². The SMILES string of the molecule is SCSC(SCS)C(SCS)SCS.SCSC1CC(SCS)SCS1. The minimum Gasteiger partial charge on any atom is -0.168 e. The van der Waals surface area contributed by atoms with Gasteiger partial charge in [-0.1, -0.05) is 0 Å². The molecule has 1 heterocycles. The van der Waals surface area contributed by atoms with Gasteiger partial charge in [-0.15, -0.1) is 94.1 Å². The lowest BCUT2D eigenvalue weighted by Gasteiger charge is -2.26. The van der Waals surface area contributed by atoms with E-state index < -0.39 is 0 Å². The molecule has 0 aromatic carbocycles. The van der Waals surface area contributed by atoms with E-state index in [2.05, 4.69) is 99.3 Å². The maximum absolute atomic E-state index is 4.25. The first-order chi connectivity index (χ1) is 12.7. The summed E-state index contributed by atoms with van der Waals surface area (Å²) in [4.78, 5) is 0. The van der Waals surface area contributed by atoms with Crippen LogP contribution in [0.15, 0.2) is 0 Å². The van der Waals surface area contributed by atoms with Gasteiger partial charge in [0.2, 0.25) is 0 Å². The van der Waals surface area contributed by atoms with E-state index in [-0.39, 0.29) is 0 Å². The highest BCUT2D eigenvalue weighted by Gasteiger charge is 2.23. The van der Waals surface area contributed by atoms with Crippen LogP contribution < -0.4 is 0 Å². The van der Waals surface area contributed by atoms with E-state index in [1.54, 1.807) is 0 Å². The van der Waals surface area contributed by atoms with Crippen molar-refractivity contribution >= 4 is 170 Å². The Morgan fingerprint density at radius 2 is 0.962 bits per heavy atom. The second-order valence-corrected chi connectivity index (χ2v) is 19.4. The summed E-state index contributed by atoms with van der Waals surface area (Å²) < 4.78 is 2.58. The summed E-state index contributed by atoms with van der Waals surface area (Å²) in [7, 11) is 0. The first-order valence-electron chi connectivity index (χ1n) is 7.24. The summed E-state index contributed by atoms with van der Waals surface area (Å²) in [6, 6.07) is 0. The summed E-state index contributed by atoms with van der Waals surface area (Å²) >= 11 is 40.9. The van der Waals surface area contributed by atoms with Crippen molar-refractivity contribution in [3.63, 3.8) is 0 Å². The maximum atomic E-state index is 4.25. The number of rotatable bonds is 13. The quantitative estimate of drug-likeness (QED) is 0.0902. The molecule has 0 N–H and O–H groups in total. The largest absolute Gasteiger partial charge is 0.168 e. The lowest BCUT2D eigenvalue weighted by atomic mass is 10.5. The van der Waals surface area contributed by atoms with Crippen LogP contribution in [0.4, 0.5) is 0 Å². The number of thioether (sulfide) groups is 8. The lowest BCUT2D eigenvalue weighted by molar-refractivity contribution is 1.03. The molecule has 0 aromatic rings. The molecule has 2 unspecified atom stereocenters. The standard InChI is InChI=1S/C6H14S8.C6H12S6/c7-1-11-5(12-2-8)6(13-3-9)14-4-10;7-2-9-5-1-6(10-3-8)12-4-11-5/h5-10H,1-4H2;5-8H,1-4H2. The molecule has 0 bridgehead atoms. The van der Waals surface area contributed by atoms with Gasteiger partial charge in [-0.2, -0.15) is 75.8 Å². The lowest BCUT2D eigenvalue weighted by Crippen LogP contribution is -2.13. The van der Waals surface area contributed by atoms with Crippen LogP contribution in [0.3, 0.4) is 0 Å². The summed E-state index contributed by atoms with van der Waals surface area (Å²) in [5, 5.41) is 6.52. The summed E-state index contributed by atoms with van der Waals surface area (Å²) in [6.07, 6.45) is 1.30. The van der Waals surface area contributed by atoms with E-state index >= 15 is 0 Å². The molecule has 14 heteroatoms. The molecule has 2 atom stereocenters. The van der Waals surface area contributed by atoms with Gasteiger partial charge in [-0.25, -0.2) is 0 Å². The van der Waals surface area contributed by atoms with Crippen LogP contribution >= 0.6 is 170 Å². The number of hydrogen-bond acceptors (Lipinski definition) is 14. The number of hydrogen-bond donors (Lipinski definition) is 6. The van der Waals surface area contributed by atoms with Crippen LogP contribution in [0.5, 0.6) is 0 Å². The number of thiol groups is 6. The summed E-state index contributed by atoms with van der Waals surface area (Å²) in [5.41, 5.74) is 0. The molecular formula is C12H26S14. The minimum absolute atomic E-state index is 0.527. The van der Waals surface area contributed by atoms with Gasteiger partial charge in [0.15, 0.2) is 0 Å². The highest BCUT2D eigenvalue weighted by Crippen LogP contribution is 2.44. The van der Waals surface area contributed by atoms with Crippen molar-refractivity contribution in [2.24, 2.45) is 0 Å². The Balaban J connectivity index is 0.000000485. The van der Waals surface area contributed by atoms with Gasteiger partial charge < -0.3 is 0 Å². The topological polar surface area (TPSA) is 0 Å². The molecule has 158 valence electrons. The third kappa shape index (κ3) is 16.5. The van der Waals surface area contributed by atoms with Crippen molar-refractivity contribution in [2.45, 2.75) is 24.7 Å². The van der Waals surface area contributed by atoms with Crippen molar-refractivity contribution in [2.75, 3.05) is 35.6 Å². The van der Waals surface area contributed by atoms with Crippen molar-refractivity contribution in [1.82, 2.24) is 0 Å². The Morgan fingerprint density at radius 1 is 0.615 bits per heavy atom. The average Bonchev–Trinajstić information content (AvgIpc) is 2.63. The molecule has 0 aromatic heterocycles. The zero-order valence-electron chi connectivity index (χ0n) is 13.9. The molecule has 0 nitrogen and oxygen atoms in total. The minimum atomic E-state index is 0.527. The fourth-order valence-corrected chi connectivity index (χ4v) is 16.9. The van der Waals surface area contributed by atoms with Crippen LogP contribution in [-0.2, 0) is 0 Å². The second-order valence-electron chi connectivity index (χ2n) is 4.06. The van der Waals surface area contributed by atoms with E-state index in [0.717, 1.165) is 39.7 Å². The molecule has 0 amide bonds. The Bertz CT molecular complexity index is 253. The summed E-state index contributed by atoms with van der Waals surface area (Å²) in [5.74, 6) is 0. The smallest absolute Gasteiger partial charge is 0.0729 e. The van der Waals surface area contributed by atoms with Gasteiger partial charge in [0, 0.05) is 35.6 Å². The molecule has 1 aliphatic heterocycles. The Morgan fingerprint density at radius 3 is 1.23 bits per heavy atom. The highest BCUT2D eigenvalue weighted by molar-refractivity contribution is 8.30. The van der Waals surface area contributed by atoms with E-state index in [9.17, 15) is 0 Å². The van der Waals surface area contributed by atoms with Gasteiger partial charge >= 0.3 is 0 Å². The van der Waals surface area contributed by atoms with Gasteiger partial charge in [0.25, 0.3) is 0 Å². The second kappa shape index (κ2) is 23.1. The first-order valence-corrected chi connectivity index (χ1v) is 19.4. The molecule has 0 saturated carbocycles. The summed E-state index contributed by atoms with van der Waals surface area (Å²) in [6.45, 7) is 0. The van der Waals surface area contributed by atoms with Crippen molar-refractivity contribution in [3.05, 3.63) is 0 Å². The van der Waals surface area contributed by atoms with Crippen molar-refractivity contribution in [1.29, 1.82) is 0 Å². The monoisotopic (exact) mass is 618 g/mol. The highest BCUT2D eigenvalue weighted by atomic mass is 32.3. The van der Waals surface area contributed by atoms with Crippen LogP contribution in [0, 0.1) is 0 Å². The molecule has 1 rings (SSSR count). The molecule has 1 fully saturated rings. The predicted molar refractivity (Wildman–Crippen MR) is 168 cm³/mol. The third-order valence-electron chi connectivity index (χ3n) is 2.59. The zero-order chi connectivity index (χ0) is 19.6. The average molecular weight is 619 g/mol. The van der Waals surface area contributed by atoms with E-state index in [4.69, 9.17) is 0 Å². The molecule has 1 saturated heterocycles. The fourth-order valence-electron chi connectivity index (χ4n) is 1.59. The molecule has 0 radical (unpaired) electrons. The van der Waals surface area contributed by atoms with Crippen LogP contribution in [0.1, 0.15) is 6.42 Å². The molecular weight excluding hydrogens is 593 g/mol. The van der Waals surface area contributed by atoms with E-state index in [0.29, 0.717) is 9.16 Å². The fraction of sp³-hybridized carbons (Fsp3) is 1.00. The van der Waals surface area contributed by atoms with Gasteiger partial charge in [-0.05, 0) is 6.42 Å². The normalized spacial score (nSPS) is 20.3. The van der Waals surface area contributed by atoms with E-state index in [1.807, 2.05) is 70.6 Å². The van der Waals surface area contributed by atoms with Crippen molar-refractivity contribution in [3.8, 4) is 0 Å². The molecule has 26 heavy (non-hydrogen) atoms. The Labute approximate surface area is 227 Å². The Hall–Kier alpha value is 4.90. The molecule has 1 aliphatic rings. The van der Waals surface area contributed by atoms with Crippen LogP contribution in [0.25, 0.3) is 0 Å². The first kappa shape index (κ1) is 30.9. The van der Waals surface area contributed by atoms with Gasteiger partial charge in [-0.3, -0.25) is 0 Å². The predicted octanol–water partition coefficient (Wildman–Crippen LogP) is 7.83. The maximum Gasteiger partial charge on any atom is 0.0729 e. The van der Waals surface area contributed by atoms with Gasteiger partial charge in [0.05, 0.1) is 18.3 Å². The molecule has 0 aliphatic carbocycles. The Kier molecular flexibility index (Phi) is 27.4. The van der Waals surface area contributed by atoms with E-state index in [1.165, 1.54) is 11.5 Å². The zero-order valence-corrected chi connectivity index (χ0v) is 25.8.